The first-order valence-corrected chi connectivity index (χ1v) is 7.34. The molecule has 0 aliphatic carbocycles. The van der Waals surface area contributed by atoms with E-state index in [9.17, 15) is 4.39 Å². The molecule has 108 valence electrons. The number of hydrogen-bond donors (Lipinski definition) is 2. The van der Waals surface area contributed by atoms with Gasteiger partial charge in [0.2, 0.25) is 0 Å². The highest BCUT2D eigenvalue weighted by atomic mass is 79.9. The number of hydrogen-bond acceptors (Lipinski definition) is 3. The van der Waals surface area contributed by atoms with E-state index < -0.39 is 0 Å². The Morgan fingerprint density at radius 3 is 2.86 bits per heavy atom. The SMILES string of the molecule is NNC(Cc1cc(Br)ccc1F)c1coc2ccccc12. The zero-order chi connectivity index (χ0) is 14.8. The normalized spacial score (nSPS) is 12.7. The minimum Gasteiger partial charge on any atom is -0.464 e. The third-order valence-corrected chi connectivity index (χ3v) is 4.01. The van der Waals surface area contributed by atoms with Crippen LogP contribution in [0.3, 0.4) is 0 Å². The lowest BCUT2D eigenvalue weighted by molar-refractivity contribution is 0.520. The van der Waals surface area contributed by atoms with E-state index in [1.54, 1.807) is 18.4 Å². The fourth-order valence-corrected chi connectivity index (χ4v) is 2.85. The molecule has 3 N–H and O–H groups in total. The molecule has 0 saturated carbocycles. The lowest BCUT2D eigenvalue weighted by Gasteiger charge is -2.15. The van der Waals surface area contributed by atoms with Gasteiger partial charge in [-0.25, -0.2) is 4.39 Å². The summed E-state index contributed by atoms with van der Waals surface area (Å²) in [4.78, 5) is 0. The first kappa shape index (κ1) is 14.3. The number of nitrogens with two attached hydrogens (primary N) is 1. The number of nitrogens with one attached hydrogen (secondary N) is 1. The Morgan fingerprint density at radius 2 is 2.05 bits per heavy atom. The fraction of sp³-hybridized carbons (Fsp3) is 0.125. The van der Waals surface area contributed by atoms with Crippen LogP contribution in [0.5, 0.6) is 0 Å². The Labute approximate surface area is 130 Å². The quantitative estimate of drug-likeness (QED) is 0.551. The summed E-state index contributed by atoms with van der Waals surface area (Å²) in [5.74, 6) is 5.42. The Morgan fingerprint density at radius 1 is 1.24 bits per heavy atom. The maximum absolute atomic E-state index is 13.9. The molecule has 1 atom stereocenters. The van der Waals surface area contributed by atoms with E-state index in [-0.39, 0.29) is 11.9 Å². The standard InChI is InChI=1S/C16H14BrFN2O/c17-11-5-6-14(18)10(7-11)8-15(20-19)13-9-21-16-4-2-1-3-12(13)16/h1-7,9,15,20H,8,19H2. The minimum atomic E-state index is -0.244. The highest BCUT2D eigenvalue weighted by molar-refractivity contribution is 9.10. The second-order valence-electron chi connectivity index (χ2n) is 4.85. The molecule has 21 heavy (non-hydrogen) atoms. The smallest absolute Gasteiger partial charge is 0.134 e. The van der Waals surface area contributed by atoms with Crippen LogP contribution in [0.1, 0.15) is 17.2 Å². The molecule has 0 saturated heterocycles. The van der Waals surface area contributed by atoms with Crippen molar-refractivity contribution in [1.29, 1.82) is 0 Å². The Bertz CT molecular complexity index is 772. The van der Waals surface area contributed by atoms with E-state index in [1.807, 2.05) is 24.3 Å². The molecular weight excluding hydrogens is 335 g/mol. The molecule has 0 bridgehead atoms. The van der Waals surface area contributed by atoms with Crippen molar-refractivity contribution in [3.05, 3.63) is 70.1 Å². The van der Waals surface area contributed by atoms with Gasteiger partial charge >= 0.3 is 0 Å². The van der Waals surface area contributed by atoms with Gasteiger partial charge in [-0.05, 0) is 36.2 Å². The third kappa shape index (κ3) is 2.85. The van der Waals surface area contributed by atoms with Gasteiger partial charge in [-0.3, -0.25) is 11.3 Å². The number of halogens is 2. The number of fused-ring (bicyclic) bond motifs is 1. The van der Waals surface area contributed by atoms with Gasteiger partial charge in [-0.15, -0.1) is 0 Å². The van der Waals surface area contributed by atoms with Crippen LogP contribution in [0.25, 0.3) is 11.0 Å². The van der Waals surface area contributed by atoms with Crippen LogP contribution in [0.15, 0.2) is 57.6 Å². The van der Waals surface area contributed by atoms with Crippen molar-refractivity contribution in [2.24, 2.45) is 5.84 Å². The van der Waals surface area contributed by atoms with Crippen LogP contribution in [0, 0.1) is 5.82 Å². The van der Waals surface area contributed by atoms with Crippen LogP contribution in [0.2, 0.25) is 0 Å². The summed E-state index contributed by atoms with van der Waals surface area (Å²) < 4.78 is 20.3. The largest absolute Gasteiger partial charge is 0.464 e. The number of para-hydroxylation sites is 1. The van der Waals surface area contributed by atoms with Crippen molar-refractivity contribution in [3.8, 4) is 0 Å². The first-order valence-electron chi connectivity index (χ1n) is 6.55. The second-order valence-corrected chi connectivity index (χ2v) is 5.76. The molecule has 3 rings (SSSR count). The van der Waals surface area contributed by atoms with Crippen LogP contribution in [0.4, 0.5) is 4.39 Å². The molecule has 0 spiro atoms. The number of hydrazine groups is 1. The van der Waals surface area contributed by atoms with Gasteiger partial charge in [0.15, 0.2) is 0 Å². The van der Waals surface area contributed by atoms with Gasteiger partial charge in [0.25, 0.3) is 0 Å². The molecule has 3 aromatic rings. The van der Waals surface area contributed by atoms with Crippen molar-refractivity contribution in [2.45, 2.75) is 12.5 Å². The van der Waals surface area contributed by atoms with Gasteiger partial charge in [-0.2, -0.15) is 0 Å². The second kappa shape index (κ2) is 5.97. The summed E-state index contributed by atoms with van der Waals surface area (Å²) in [6, 6.07) is 12.4. The predicted octanol–water partition coefficient (Wildman–Crippen LogP) is 4.08. The third-order valence-electron chi connectivity index (χ3n) is 3.52. The summed E-state index contributed by atoms with van der Waals surface area (Å²) in [5, 5.41) is 0.982. The van der Waals surface area contributed by atoms with Crippen LogP contribution in [-0.2, 0) is 6.42 Å². The molecule has 0 radical (unpaired) electrons. The van der Waals surface area contributed by atoms with E-state index in [4.69, 9.17) is 10.3 Å². The Balaban J connectivity index is 1.97. The summed E-state index contributed by atoms with van der Waals surface area (Å²) in [6.45, 7) is 0. The minimum absolute atomic E-state index is 0.225. The number of rotatable bonds is 4. The molecular formula is C16H14BrFN2O. The Kier molecular flexibility index (Phi) is 4.05. The highest BCUT2D eigenvalue weighted by Crippen LogP contribution is 2.29. The van der Waals surface area contributed by atoms with Crippen molar-refractivity contribution >= 4 is 26.9 Å². The van der Waals surface area contributed by atoms with E-state index in [0.717, 1.165) is 21.0 Å². The fourth-order valence-electron chi connectivity index (χ4n) is 2.45. The zero-order valence-electron chi connectivity index (χ0n) is 11.1. The molecule has 1 unspecified atom stereocenters. The van der Waals surface area contributed by atoms with E-state index in [2.05, 4.69) is 21.4 Å². The monoisotopic (exact) mass is 348 g/mol. The van der Waals surface area contributed by atoms with E-state index in [0.29, 0.717) is 12.0 Å². The van der Waals surface area contributed by atoms with Crippen molar-refractivity contribution < 1.29 is 8.81 Å². The predicted molar refractivity (Wildman–Crippen MR) is 84.1 cm³/mol. The van der Waals surface area contributed by atoms with Crippen LogP contribution in [-0.4, -0.2) is 0 Å². The molecule has 2 aromatic carbocycles. The lowest BCUT2D eigenvalue weighted by atomic mass is 9.98. The van der Waals surface area contributed by atoms with Gasteiger partial charge in [0, 0.05) is 15.4 Å². The molecule has 5 heteroatoms. The van der Waals surface area contributed by atoms with Crippen molar-refractivity contribution in [1.82, 2.24) is 5.43 Å². The van der Waals surface area contributed by atoms with Crippen molar-refractivity contribution in [2.75, 3.05) is 0 Å². The average Bonchev–Trinajstić information content (AvgIpc) is 2.92. The van der Waals surface area contributed by atoms with E-state index in [1.165, 1.54) is 6.07 Å². The van der Waals surface area contributed by atoms with Crippen LogP contribution >= 0.6 is 15.9 Å². The van der Waals surface area contributed by atoms with Gasteiger partial charge in [-0.1, -0.05) is 34.1 Å². The maximum Gasteiger partial charge on any atom is 0.134 e. The molecule has 0 amide bonds. The molecule has 0 aliphatic rings. The summed E-state index contributed by atoms with van der Waals surface area (Å²) >= 11 is 3.36. The molecule has 3 nitrogen and oxygen atoms in total. The van der Waals surface area contributed by atoms with Gasteiger partial charge < -0.3 is 4.42 Å². The number of furan rings is 1. The Hall–Kier alpha value is -1.69. The first-order chi connectivity index (χ1) is 10.2. The maximum atomic E-state index is 13.9. The topological polar surface area (TPSA) is 51.2 Å². The van der Waals surface area contributed by atoms with Gasteiger partial charge in [0.1, 0.15) is 11.4 Å². The summed E-state index contributed by atoms with van der Waals surface area (Å²) in [5.41, 5.74) is 5.06. The molecule has 1 aromatic heterocycles. The molecule has 0 aliphatic heterocycles. The molecule has 0 fully saturated rings. The molecule has 1 heterocycles. The van der Waals surface area contributed by atoms with Crippen molar-refractivity contribution in [3.63, 3.8) is 0 Å². The zero-order valence-corrected chi connectivity index (χ0v) is 12.7. The van der Waals surface area contributed by atoms with E-state index >= 15 is 0 Å². The highest BCUT2D eigenvalue weighted by Gasteiger charge is 2.18. The van der Waals surface area contributed by atoms with Crippen LogP contribution < -0.4 is 11.3 Å². The van der Waals surface area contributed by atoms with Gasteiger partial charge in [0.05, 0.1) is 12.3 Å². The summed E-state index contributed by atoms with van der Waals surface area (Å²) in [6.07, 6.45) is 2.11. The lowest BCUT2D eigenvalue weighted by Crippen LogP contribution is -2.29. The number of benzene rings is 2. The average molecular weight is 349 g/mol. The summed E-state index contributed by atoms with van der Waals surface area (Å²) in [7, 11) is 0.